The van der Waals surface area contributed by atoms with E-state index in [0.717, 1.165) is 30.4 Å². The highest BCUT2D eigenvalue weighted by molar-refractivity contribution is 5.92. The fourth-order valence-electron chi connectivity index (χ4n) is 2.32. The number of hydrogen-bond acceptors (Lipinski definition) is 3. The molecular weight excluding hydrogens is 254 g/mol. The maximum absolute atomic E-state index is 11.7. The van der Waals surface area contributed by atoms with E-state index in [1.54, 1.807) is 6.08 Å². The van der Waals surface area contributed by atoms with Gasteiger partial charge in [0.15, 0.2) is 0 Å². The lowest BCUT2D eigenvalue weighted by molar-refractivity contribution is -0.116. The number of fused-ring (bicyclic) bond motifs is 1. The van der Waals surface area contributed by atoms with E-state index in [1.807, 2.05) is 30.3 Å². The molecule has 0 bridgehead atoms. The van der Waals surface area contributed by atoms with Crippen LogP contribution in [0.3, 0.4) is 0 Å². The van der Waals surface area contributed by atoms with Gasteiger partial charge in [-0.1, -0.05) is 18.2 Å². The first-order valence-electron chi connectivity index (χ1n) is 6.87. The molecule has 4 nitrogen and oxygen atoms in total. The number of nitrogens with one attached hydrogen (secondary N) is 1. The molecule has 0 radical (unpaired) electrons. The Balaban J connectivity index is 1.56. The molecule has 0 spiro atoms. The molecule has 3 rings (SSSR count). The molecule has 1 aliphatic rings. The van der Waals surface area contributed by atoms with Crippen molar-refractivity contribution < 1.29 is 13.9 Å². The van der Waals surface area contributed by atoms with Crippen LogP contribution in [-0.2, 0) is 9.53 Å². The summed E-state index contributed by atoms with van der Waals surface area (Å²) in [6.07, 6.45) is 5.44. The van der Waals surface area contributed by atoms with E-state index in [2.05, 4.69) is 5.32 Å². The standard InChI is InChI=1S/C16H17NO3/c18-16(17-11-14-5-3-9-19-14)8-7-13-10-12-4-1-2-6-15(12)20-13/h1-2,4,6-8,10,14H,3,5,9,11H2,(H,17,18)/b8-7+/t14-/m1/s1. The molecule has 20 heavy (non-hydrogen) atoms. The van der Waals surface area contributed by atoms with Crippen LogP contribution in [0.15, 0.2) is 40.8 Å². The van der Waals surface area contributed by atoms with Crippen molar-refractivity contribution in [1.82, 2.24) is 5.32 Å². The Morgan fingerprint density at radius 1 is 1.40 bits per heavy atom. The van der Waals surface area contributed by atoms with Crippen LogP contribution >= 0.6 is 0 Å². The maximum Gasteiger partial charge on any atom is 0.244 e. The number of ether oxygens (including phenoxy) is 1. The molecule has 104 valence electrons. The molecule has 0 saturated carbocycles. The number of para-hydroxylation sites is 1. The largest absolute Gasteiger partial charge is 0.457 e. The molecule has 1 aliphatic heterocycles. The Morgan fingerprint density at radius 3 is 3.10 bits per heavy atom. The molecular formula is C16H17NO3. The van der Waals surface area contributed by atoms with Crippen LogP contribution < -0.4 is 5.32 Å². The summed E-state index contributed by atoms with van der Waals surface area (Å²) in [6, 6.07) is 9.68. The van der Waals surface area contributed by atoms with E-state index in [4.69, 9.17) is 9.15 Å². The third kappa shape index (κ3) is 3.08. The zero-order valence-corrected chi connectivity index (χ0v) is 11.2. The van der Waals surface area contributed by atoms with Gasteiger partial charge in [0.05, 0.1) is 6.10 Å². The van der Waals surface area contributed by atoms with Crippen molar-refractivity contribution in [3.05, 3.63) is 42.2 Å². The smallest absolute Gasteiger partial charge is 0.244 e. The second-order valence-electron chi connectivity index (χ2n) is 4.90. The van der Waals surface area contributed by atoms with Gasteiger partial charge in [0, 0.05) is 24.6 Å². The lowest BCUT2D eigenvalue weighted by Crippen LogP contribution is -2.30. The summed E-state index contributed by atoms with van der Waals surface area (Å²) in [4.78, 5) is 11.7. The summed E-state index contributed by atoms with van der Waals surface area (Å²) in [5.41, 5.74) is 0.826. The van der Waals surface area contributed by atoms with E-state index < -0.39 is 0 Å². The molecule has 1 saturated heterocycles. The van der Waals surface area contributed by atoms with Crippen molar-refractivity contribution in [2.45, 2.75) is 18.9 Å². The highest BCUT2D eigenvalue weighted by Crippen LogP contribution is 2.19. The van der Waals surface area contributed by atoms with Gasteiger partial charge in [-0.2, -0.15) is 0 Å². The van der Waals surface area contributed by atoms with Crippen LogP contribution in [0.5, 0.6) is 0 Å². The Kier molecular flexibility index (Phi) is 3.83. The first-order chi connectivity index (χ1) is 9.81. The number of hydrogen-bond donors (Lipinski definition) is 1. The second-order valence-corrected chi connectivity index (χ2v) is 4.90. The predicted molar refractivity (Wildman–Crippen MR) is 77.2 cm³/mol. The third-order valence-electron chi connectivity index (χ3n) is 3.37. The quantitative estimate of drug-likeness (QED) is 0.870. The summed E-state index contributed by atoms with van der Waals surface area (Å²) < 4.78 is 11.1. The van der Waals surface area contributed by atoms with Gasteiger partial charge in [-0.15, -0.1) is 0 Å². The van der Waals surface area contributed by atoms with Gasteiger partial charge in [0.25, 0.3) is 0 Å². The summed E-state index contributed by atoms with van der Waals surface area (Å²) in [5, 5.41) is 3.87. The van der Waals surface area contributed by atoms with Gasteiger partial charge in [0.2, 0.25) is 5.91 Å². The normalized spacial score (nSPS) is 18.9. The topological polar surface area (TPSA) is 51.5 Å². The molecule has 1 aromatic carbocycles. The summed E-state index contributed by atoms with van der Waals surface area (Å²) >= 11 is 0. The highest BCUT2D eigenvalue weighted by Gasteiger charge is 2.15. The van der Waals surface area contributed by atoms with Crippen molar-refractivity contribution in [3.63, 3.8) is 0 Å². The van der Waals surface area contributed by atoms with E-state index in [9.17, 15) is 4.79 Å². The zero-order chi connectivity index (χ0) is 13.8. The molecule has 2 aromatic rings. The van der Waals surface area contributed by atoms with Crippen LogP contribution in [-0.4, -0.2) is 25.2 Å². The second kappa shape index (κ2) is 5.92. The minimum Gasteiger partial charge on any atom is -0.457 e. The van der Waals surface area contributed by atoms with E-state index in [-0.39, 0.29) is 12.0 Å². The monoisotopic (exact) mass is 271 g/mol. The molecule has 1 aromatic heterocycles. The first kappa shape index (κ1) is 12.9. The number of carbonyl (C=O) groups is 1. The minimum absolute atomic E-state index is 0.124. The third-order valence-corrected chi connectivity index (χ3v) is 3.37. The zero-order valence-electron chi connectivity index (χ0n) is 11.2. The van der Waals surface area contributed by atoms with Crippen molar-refractivity contribution in [3.8, 4) is 0 Å². The molecule has 2 heterocycles. The molecule has 0 aliphatic carbocycles. The molecule has 0 unspecified atom stereocenters. The van der Waals surface area contributed by atoms with Crippen LogP contribution in [0.25, 0.3) is 17.0 Å². The Hall–Kier alpha value is -2.07. The Labute approximate surface area is 117 Å². The van der Waals surface area contributed by atoms with Crippen molar-refractivity contribution in [1.29, 1.82) is 0 Å². The number of rotatable bonds is 4. The summed E-state index contributed by atoms with van der Waals surface area (Å²) in [7, 11) is 0. The van der Waals surface area contributed by atoms with Crippen LogP contribution in [0, 0.1) is 0 Å². The maximum atomic E-state index is 11.7. The van der Waals surface area contributed by atoms with Crippen LogP contribution in [0.4, 0.5) is 0 Å². The average molecular weight is 271 g/mol. The van der Waals surface area contributed by atoms with Crippen molar-refractivity contribution >= 4 is 23.0 Å². The van der Waals surface area contributed by atoms with Gasteiger partial charge in [-0.3, -0.25) is 4.79 Å². The Morgan fingerprint density at radius 2 is 2.30 bits per heavy atom. The van der Waals surface area contributed by atoms with Crippen LogP contribution in [0.2, 0.25) is 0 Å². The first-order valence-corrected chi connectivity index (χ1v) is 6.87. The number of benzene rings is 1. The lowest BCUT2D eigenvalue weighted by atomic mass is 10.2. The van der Waals surface area contributed by atoms with Gasteiger partial charge in [0.1, 0.15) is 11.3 Å². The van der Waals surface area contributed by atoms with Gasteiger partial charge >= 0.3 is 0 Å². The molecule has 4 heteroatoms. The number of furan rings is 1. The molecule has 1 fully saturated rings. The van der Waals surface area contributed by atoms with E-state index >= 15 is 0 Å². The molecule has 1 atom stereocenters. The number of carbonyl (C=O) groups excluding carboxylic acids is 1. The molecule has 1 N–H and O–H groups in total. The van der Waals surface area contributed by atoms with Gasteiger partial charge in [-0.25, -0.2) is 0 Å². The van der Waals surface area contributed by atoms with Crippen molar-refractivity contribution in [2.75, 3.05) is 13.2 Å². The lowest BCUT2D eigenvalue weighted by Gasteiger charge is -2.08. The van der Waals surface area contributed by atoms with E-state index in [1.165, 1.54) is 6.08 Å². The van der Waals surface area contributed by atoms with Gasteiger partial charge < -0.3 is 14.5 Å². The van der Waals surface area contributed by atoms with Gasteiger partial charge in [-0.05, 0) is 31.1 Å². The highest BCUT2D eigenvalue weighted by atomic mass is 16.5. The minimum atomic E-state index is -0.124. The summed E-state index contributed by atoms with van der Waals surface area (Å²) in [5.74, 6) is 0.555. The fourth-order valence-corrected chi connectivity index (χ4v) is 2.32. The fraction of sp³-hybridized carbons (Fsp3) is 0.312. The SMILES string of the molecule is O=C(/C=C/c1cc2ccccc2o1)NC[C@H]1CCCO1. The van der Waals surface area contributed by atoms with E-state index in [0.29, 0.717) is 12.3 Å². The number of amides is 1. The van der Waals surface area contributed by atoms with Crippen LogP contribution in [0.1, 0.15) is 18.6 Å². The predicted octanol–water partition coefficient (Wildman–Crippen LogP) is 2.74. The average Bonchev–Trinajstić information content (AvgIpc) is 3.11. The molecule has 1 amide bonds. The summed E-state index contributed by atoms with van der Waals surface area (Å²) in [6.45, 7) is 1.37. The van der Waals surface area contributed by atoms with Crippen molar-refractivity contribution in [2.24, 2.45) is 0 Å². The Bertz CT molecular complexity index is 590.